The molecule has 1 atom stereocenters. The summed E-state index contributed by atoms with van der Waals surface area (Å²) in [4.78, 5) is 12.6. The predicted molar refractivity (Wildman–Crippen MR) is 88.3 cm³/mol. The maximum Gasteiger partial charge on any atom is 0.224 e. The molecule has 0 saturated carbocycles. The average molecular weight is 290 g/mol. The van der Waals surface area contributed by atoms with E-state index in [0.717, 1.165) is 16.7 Å². The lowest BCUT2D eigenvalue weighted by Crippen LogP contribution is -2.06. The molecule has 0 radical (unpaired) electrons. The molecule has 22 heavy (non-hydrogen) atoms. The molecule has 2 heteroatoms. The monoisotopic (exact) mass is 290 g/mol. The molecule has 1 aliphatic rings. The van der Waals surface area contributed by atoms with Gasteiger partial charge in [-0.05, 0) is 30.2 Å². The standard InChI is InChI=1S/C20H18O2/c1-2-22-19-14-17(16-11-7-4-8-12-16)18(20(19)21)13-15-9-5-3-6-10-15/h3-14,17H,2H2,1H3/b18-13+. The molecule has 2 aromatic carbocycles. The van der Waals surface area contributed by atoms with Crippen LogP contribution in [0.5, 0.6) is 0 Å². The molecule has 1 unspecified atom stereocenters. The Labute approximate surface area is 130 Å². The minimum Gasteiger partial charge on any atom is -0.490 e. The van der Waals surface area contributed by atoms with E-state index in [1.165, 1.54) is 0 Å². The zero-order valence-corrected chi connectivity index (χ0v) is 12.5. The van der Waals surface area contributed by atoms with Gasteiger partial charge in [-0.1, -0.05) is 60.7 Å². The third-order valence-electron chi connectivity index (χ3n) is 3.72. The Morgan fingerprint density at radius 2 is 1.64 bits per heavy atom. The van der Waals surface area contributed by atoms with Gasteiger partial charge in [-0.15, -0.1) is 0 Å². The van der Waals surface area contributed by atoms with E-state index in [4.69, 9.17) is 4.74 Å². The number of rotatable bonds is 4. The maximum atomic E-state index is 12.6. The van der Waals surface area contributed by atoms with E-state index >= 15 is 0 Å². The second-order valence-corrected chi connectivity index (χ2v) is 5.19. The Hall–Kier alpha value is -2.61. The van der Waals surface area contributed by atoms with Crippen molar-refractivity contribution in [1.29, 1.82) is 0 Å². The number of Topliss-reactive ketones (excluding diaryl/α,β-unsaturated/α-hetero) is 1. The predicted octanol–water partition coefficient (Wildman–Crippen LogP) is 4.36. The fraction of sp³-hybridized carbons (Fsp3) is 0.150. The molecule has 0 aromatic heterocycles. The minimum atomic E-state index is -0.0459. The first-order valence-electron chi connectivity index (χ1n) is 7.50. The lowest BCUT2D eigenvalue weighted by atomic mass is 9.92. The summed E-state index contributed by atoms with van der Waals surface area (Å²) in [5.41, 5.74) is 2.89. The quantitative estimate of drug-likeness (QED) is 0.782. The SMILES string of the molecule is CCOC1=CC(c2ccccc2)/C(=C\c2ccccc2)C1=O. The third kappa shape index (κ3) is 2.86. The molecule has 0 aliphatic heterocycles. The van der Waals surface area contributed by atoms with Crippen LogP contribution < -0.4 is 0 Å². The summed E-state index contributed by atoms with van der Waals surface area (Å²) < 4.78 is 5.51. The molecule has 0 spiro atoms. The van der Waals surface area contributed by atoms with Crippen LogP contribution >= 0.6 is 0 Å². The number of ether oxygens (including phenoxy) is 1. The fourth-order valence-electron chi connectivity index (χ4n) is 2.69. The Morgan fingerprint density at radius 3 is 2.27 bits per heavy atom. The van der Waals surface area contributed by atoms with Crippen LogP contribution in [0.1, 0.15) is 24.0 Å². The molecule has 0 bridgehead atoms. The molecule has 0 saturated heterocycles. The van der Waals surface area contributed by atoms with Crippen LogP contribution in [-0.2, 0) is 9.53 Å². The van der Waals surface area contributed by atoms with Gasteiger partial charge in [0.25, 0.3) is 0 Å². The van der Waals surface area contributed by atoms with Crippen LogP contribution in [0.2, 0.25) is 0 Å². The van der Waals surface area contributed by atoms with Gasteiger partial charge < -0.3 is 4.74 Å². The molecular formula is C20H18O2. The van der Waals surface area contributed by atoms with E-state index in [0.29, 0.717) is 12.4 Å². The summed E-state index contributed by atoms with van der Waals surface area (Å²) in [6, 6.07) is 20.0. The van der Waals surface area contributed by atoms with Gasteiger partial charge in [-0.25, -0.2) is 0 Å². The Kier molecular flexibility index (Phi) is 4.19. The van der Waals surface area contributed by atoms with E-state index in [2.05, 4.69) is 0 Å². The van der Waals surface area contributed by atoms with E-state index in [9.17, 15) is 4.79 Å². The largest absolute Gasteiger partial charge is 0.490 e. The van der Waals surface area contributed by atoms with Crippen LogP contribution in [0.3, 0.4) is 0 Å². The molecule has 0 fully saturated rings. The molecule has 2 aromatic rings. The van der Waals surface area contributed by atoms with Crippen LogP contribution in [-0.4, -0.2) is 12.4 Å². The zero-order valence-electron chi connectivity index (χ0n) is 12.5. The summed E-state index contributed by atoms with van der Waals surface area (Å²) in [7, 11) is 0. The van der Waals surface area contributed by atoms with Crippen molar-refractivity contribution >= 4 is 11.9 Å². The summed E-state index contributed by atoms with van der Waals surface area (Å²) in [6.45, 7) is 2.39. The Balaban J connectivity index is 2.03. The van der Waals surface area contributed by atoms with E-state index in [-0.39, 0.29) is 11.7 Å². The second kappa shape index (κ2) is 6.44. The number of hydrogen-bond acceptors (Lipinski definition) is 2. The third-order valence-corrected chi connectivity index (χ3v) is 3.72. The highest BCUT2D eigenvalue weighted by Gasteiger charge is 2.32. The van der Waals surface area contributed by atoms with Gasteiger partial charge in [0.1, 0.15) is 0 Å². The van der Waals surface area contributed by atoms with Crippen molar-refractivity contribution < 1.29 is 9.53 Å². The smallest absolute Gasteiger partial charge is 0.224 e. The van der Waals surface area contributed by atoms with Crippen molar-refractivity contribution in [3.05, 3.63) is 89.2 Å². The Bertz CT molecular complexity index is 712. The van der Waals surface area contributed by atoms with Crippen molar-refractivity contribution in [3.63, 3.8) is 0 Å². The van der Waals surface area contributed by atoms with Crippen LogP contribution in [0.4, 0.5) is 0 Å². The first kappa shape index (κ1) is 14.3. The topological polar surface area (TPSA) is 26.3 Å². The summed E-state index contributed by atoms with van der Waals surface area (Å²) in [6.07, 6.45) is 3.89. The molecule has 0 heterocycles. The fourth-order valence-corrected chi connectivity index (χ4v) is 2.69. The lowest BCUT2D eigenvalue weighted by Gasteiger charge is -2.10. The molecular weight excluding hydrogens is 272 g/mol. The average Bonchev–Trinajstić information content (AvgIpc) is 2.87. The molecule has 0 N–H and O–H groups in total. The van der Waals surface area contributed by atoms with Crippen LogP contribution in [0.25, 0.3) is 6.08 Å². The summed E-state index contributed by atoms with van der Waals surface area (Å²) in [5, 5.41) is 0. The lowest BCUT2D eigenvalue weighted by molar-refractivity contribution is -0.114. The molecule has 2 nitrogen and oxygen atoms in total. The molecule has 3 rings (SSSR count). The van der Waals surface area contributed by atoms with Crippen molar-refractivity contribution in [2.45, 2.75) is 12.8 Å². The number of carbonyl (C=O) groups is 1. The number of carbonyl (C=O) groups excluding carboxylic acids is 1. The minimum absolute atomic E-state index is 0.0143. The molecule has 1 aliphatic carbocycles. The maximum absolute atomic E-state index is 12.6. The highest BCUT2D eigenvalue weighted by atomic mass is 16.5. The van der Waals surface area contributed by atoms with Crippen molar-refractivity contribution in [1.82, 2.24) is 0 Å². The summed E-state index contributed by atoms with van der Waals surface area (Å²) >= 11 is 0. The normalized spacial score (nSPS) is 19.3. The first-order chi connectivity index (χ1) is 10.8. The van der Waals surface area contributed by atoms with Crippen molar-refractivity contribution in [3.8, 4) is 0 Å². The van der Waals surface area contributed by atoms with E-state index < -0.39 is 0 Å². The van der Waals surface area contributed by atoms with Crippen molar-refractivity contribution in [2.75, 3.05) is 6.61 Å². The molecule has 0 amide bonds. The number of benzene rings is 2. The zero-order chi connectivity index (χ0) is 15.4. The van der Waals surface area contributed by atoms with Crippen LogP contribution in [0.15, 0.2) is 78.1 Å². The van der Waals surface area contributed by atoms with Gasteiger partial charge in [-0.2, -0.15) is 0 Å². The van der Waals surface area contributed by atoms with Gasteiger partial charge in [-0.3, -0.25) is 4.79 Å². The van der Waals surface area contributed by atoms with Gasteiger partial charge >= 0.3 is 0 Å². The number of allylic oxidation sites excluding steroid dienone is 2. The van der Waals surface area contributed by atoms with Crippen LogP contribution in [0, 0.1) is 0 Å². The van der Waals surface area contributed by atoms with E-state index in [1.54, 1.807) is 0 Å². The van der Waals surface area contributed by atoms with Crippen molar-refractivity contribution in [2.24, 2.45) is 0 Å². The second-order valence-electron chi connectivity index (χ2n) is 5.19. The number of hydrogen-bond donors (Lipinski definition) is 0. The first-order valence-corrected chi connectivity index (χ1v) is 7.50. The highest BCUT2D eigenvalue weighted by Crippen LogP contribution is 2.36. The summed E-state index contributed by atoms with van der Waals surface area (Å²) in [5.74, 6) is 0.397. The number of ketones is 1. The Morgan fingerprint density at radius 1 is 1.00 bits per heavy atom. The van der Waals surface area contributed by atoms with Gasteiger partial charge in [0.05, 0.1) is 6.61 Å². The highest BCUT2D eigenvalue weighted by molar-refractivity contribution is 6.13. The van der Waals surface area contributed by atoms with Gasteiger partial charge in [0.15, 0.2) is 5.76 Å². The molecule has 110 valence electrons. The van der Waals surface area contributed by atoms with Gasteiger partial charge in [0, 0.05) is 11.5 Å². The van der Waals surface area contributed by atoms with E-state index in [1.807, 2.05) is 79.7 Å². The van der Waals surface area contributed by atoms with Gasteiger partial charge in [0.2, 0.25) is 5.78 Å².